The van der Waals surface area contributed by atoms with Crippen molar-refractivity contribution in [2.45, 2.75) is 0 Å². The summed E-state index contributed by atoms with van der Waals surface area (Å²) in [5.41, 5.74) is 0. The van der Waals surface area contributed by atoms with E-state index >= 15 is 0 Å². The minimum atomic E-state index is 0. The van der Waals surface area contributed by atoms with Crippen molar-refractivity contribution in [2.75, 3.05) is 0 Å². The van der Waals surface area contributed by atoms with Gasteiger partial charge in [0.15, 0.2) is 0 Å². The predicted molar refractivity (Wildman–Crippen MR) is 27.6 cm³/mol. The first-order valence-corrected chi connectivity index (χ1v) is 1.37. The van der Waals surface area contributed by atoms with Crippen LogP contribution in [-0.4, -0.2) is 4.98 Å². The van der Waals surface area contributed by atoms with Crippen LogP contribution in [0.3, 0.4) is 0 Å². The van der Waals surface area contributed by atoms with Gasteiger partial charge in [0.1, 0.15) is 0 Å². The van der Waals surface area contributed by atoms with Gasteiger partial charge in [0, 0.05) is 0 Å². The standard InChI is InChI=1S/C3H3N2.ClH.2H3N.Pt/c1-2-5-3-4-1;;;;/h1-3H;1H;2*1H3;/q-1;;;;+2/p-1. The zero-order valence-corrected chi connectivity index (χ0v) is 7.76. The smallest absolute Gasteiger partial charge is 1.00 e. The first-order valence-electron chi connectivity index (χ1n) is 1.37. The summed E-state index contributed by atoms with van der Waals surface area (Å²) in [4.78, 5) is 7.22. The van der Waals surface area contributed by atoms with Gasteiger partial charge in [-0.25, -0.2) is 0 Å². The molecule has 0 amide bonds. The Balaban J connectivity index is -0.0000000312. The Hall–Kier alpha value is 0.108. The molecule has 0 spiro atoms. The zero-order chi connectivity index (χ0) is 3.54. The average Bonchev–Trinajstić information content (AvgIpc) is 1.76. The number of aromatic nitrogens is 2. The first kappa shape index (κ1) is 22.9. The van der Waals surface area contributed by atoms with Crippen molar-refractivity contribution in [2.24, 2.45) is 0 Å². The van der Waals surface area contributed by atoms with E-state index in [2.05, 4.69) is 9.97 Å². The molecular weight excluding hydrogens is 323 g/mol. The SMILES string of the molecule is N.N.[Cl-].[Pt+2].c1c[n-]cn1. The zero-order valence-electron chi connectivity index (χ0n) is 4.73. The minimum absolute atomic E-state index is 0. The summed E-state index contributed by atoms with van der Waals surface area (Å²) in [6.45, 7) is 0. The van der Waals surface area contributed by atoms with E-state index in [0.717, 1.165) is 0 Å². The predicted octanol–water partition coefficient (Wildman–Crippen LogP) is -2.64. The summed E-state index contributed by atoms with van der Waals surface area (Å²) >= 11 is 0. The van der Waals surface area contributed by atoms with E-state index in [1.165, 1.54) is 6.33 Å². The molecule has 0 saturated heterocycles. The van der Waals surface area contributed by atoms with Crippen LogP contribution < -0.4 is 29.7 Å². The summed E-state index contributed by atoms with van der Waals surface area (Å²) in [5, 5.41) is 0. The normalized spacial score (nSPS) is 4.44. The third kappa shape index (κ3) is 11.6. The summed E-state index contributed by atoms with van der Waals surface area (Å²) in [7, 11) is 0. The van der Waals surface area contributed by atoms with Gasteiger partial charge >= 0.3 is 21.1 Å². The molecule has 0 radical (unpaired) electrons. The van der Waals surface area contributed by atoms with Crippen LogP contribution in [0.2, 0.25) is 0 Å². The van der Waals surface area contributed by atoms with Gasteiger partial charge in [0.2, 0.25) is 0 Å². The van der Waals surface area contributed by atoms with Crippen molar-refractivity contribution in [3.63, 3.8) is 0 Å². The molecule has 0 fully saturated rings. The molecule has 0 aliphatic heterocycles. The molecule has 9 heavy (non-hydrogen) atoms. The molecule has 1 rings (SSSR count). The third-order valence-corrected chi connectivity index (χ3v) is 0.372. The molecule has 0 atom stereocenters. The largest absolute Gasteiger partial charge is 2.00 e. The number of hydrogen-bond donors (Lipinski definition) is 2. The van der Waals surface area contributed by atoms with Gasteiger partial charge in [-0.2, -0.15) is 0 Å². The van der Waals surface area contributed by atoms with E-state index in [9.17, 15) is 0 Å². The van der Waals surface area contributed by atoms with Crippen LogP contribution in [0.15, 0.2) is 18.7 Å². The van der Waals surface area contributed by atoms with Gasteiger partial charge in [0.25, 0.3) is 0 Å². The number of imidazole rings is 1. The summed E-state index contributed by atoms with van der Waals surface area (Å²) in [6.07, 6.45) is 4.78. The van der Waals surface area contributed by atoms with E-state index in [1.54, 1.807) is 12.4 Å². The Morgan fingerprint density at radius 2 is 1.78 bits per heavy atom. The molecule has 58 valence electrons. The van der Waals surface area contributed by atoms with Gasteiger partial charge in [-0.15, -0.1) is 0 Å². The van der Waals surface area contributed by atoms with Crippen molar-refractivity contribution in [3.8, 4) is 0 Å². The van der Waals surface area contributed by atoms with Crippen LogP contribution in [-0.2, 0) is 21.1 Å². The van der Waals surface area contributed by atoms with Gasteiger partial charge in [-0.3, -0.25) is 0 Å². The van der Waals surface area contributed by atoms with Crippen LogP contribution in [0.25, 0.3) is 0 Å². The molecule has 4 nitrogen and oxygen atoms in total. The van der Waals surface area contributed by atoms with E-state index in [4.69, 9.17) is 0 Å². The Morgan fingerprint density at radius 1 is 1.22 bits per heavy atom. The van der Waals surface area contributed by atoms with Crippen molar-refractivity contribution >= 4 is 0 Å². The average molecular weight is 332 g/mol. The van der Waals surface area contributed by atoms with Crippen molar-refractivity contribution in [1.29, 1.82) is 0 Å². The van der Waals surface area contributed by atoms with Crippen LogP contribution in [0.1, 0.15) is 0 Å². The molecule has 0 unspecified atom stereocenters. The Labute approximate surface area is 74.7 Å². The van der Waals surface area contributed by atoms with Crippen LogP contribution in [0.4, 0.5) is 0 Å². The number of nitrogens with zero attached hydrogens (tertiary/aromatic N) is 2. The Bertz CT molecular complexity index is 72.3. The fraction of sp³-hybridized carbons (Fsp3) is 0. The second-order valence-corrected chi connectivity index (χ2v) is 0.712. The number of hydrogen-bond acceptors (Lipinski definition) is 3. The first-order chi connectivity index (χ1) is 2.50. The van der Waals surface area contributed by atoms with Crippen LogP contribution in [0, 0.1) is 0 Å². The fourth-order valence-electron chi connectivity index (χ4n) is 0.192. The van der Waals surface area contributed by atoms with E-state index < -0.39 is 0 Å². The second-order valence-electron chi connectivity index (χ2n) is 0.712. The third-order valence-electron chi connectivity index (χ3n) is 0.372. The topological polar surface area (TPSA) is 97.0 Å². The maximum Gasteiger partial charge on any atom is 2.00 e. The molecule has 1 aromatic heterocycles. The monoisotopic (exact) mass is 331 g/mol. The molecule has 1 aromatic rings. The van der Waals surface area contributed by atoms with E-state index in [1.807, 2.05) is 0 Å². The molecule has 1 heterocycles. The van der Waals surface area contributed by atoms with Gasteiger partial charge in [-0.1, -0.05) is 18.7 Å². The summed E-state index contributed by atoms with van der Waals surface area (Å²) in [5.74, 6) is 0. The molecule has 6 heteroatoms. The number of halogens is 1. The molecular formula is C3H9ClN4Pt. The van der Waals surface area contributed by atoms with Crippen molar-refractivity contribution in [3.05, 3.63) is 18.7 Å². The van der Waals surface area contributed by atoms with Crippen molar-refractivity contribution < 1.29 is 33.5 Å². The van der Waals surface area contributed by atoms with Crippen LogP contribution in [0.5, 0.6) is 0 Å². The molecule has 0 saturated carbocycles. The maximum absolute atomic E-state index is 3.61. The van der Waals surface area contributed by atoms with Gasteiger partial charge in [-0.05, 0) is 0 Å². The second kappa shape index (κ2) is 15.7. The summed E-state index contributed by atoms with van der Waals surface area (Å²) in [6, 6.07) is 0. The molecule has 0 bridgehead atoms. The molecule has 6 N–H and O–H groups in total. The maximum atomic E-state index is 3.61. The quantitative estimate of drug-likeness (QED) is 0.543. The van der Waals surface area contributed by atoms with Crippen molar-refractivity contribution in [1.82, 2.24) is 22.3 Å². The molecule has 0 aliphatic rings. The Morgan fingerprint density at radius 3 is 1.89 bits per heavy atom. The summed E-state index contributed by atoms with van der Waals surface area (Å²) < 4.78 is 0. The van der Waals surface area contributed by atoms with Crippen LogP contribution >= 0.6 is 0 Å². The molecule has 0 aromatic carbocycles. The van der Waals surface area contributed by atoms with Gasteiger partial charge in [0.05, 0.1) is 0 Å². The Kier molecular flexibility index (Phi) is 40.0. The van der Waals surface area contributed by atoms with E-state index in [-0.39, 0.29) is 45.8 Å². The van der Waals surface area contributed by atoms with E-state index in [0.29, 0.717) is 0 Å². The molecule has 0 aliphatic carbocycles. The minimum Gasteiger partial charge on any atom is -1.00 e. The number of rotatable bonds is 0. The van der Waals surface area contributed by atoms with Gasteiger partial charge < -0.3 is 34.7 Å². The fourth-order valence-corrected chi connectivity index (χ4v) is 0.192.